The van der Waals surface area contributed by atoms with Gasteiger partial charge in [0, 0.05) is 30.9 Å². The number of amides is 5. The first-order valence-electron chi connectivity index (χ1n) is 21.6. The summed E-state index contributed by atoms with van der Waals surface area (Å²) < 4.78 is 29.8. The molecule has 5 aliphatic rings. The third-order valence-electron chi connectivity index (χ3n) is 12.9. The molecule has 3 heterocycles. The van der Waals surface area contributed by atoms with Gasteiger partial charge in [-0.05, 0) is 79.3 Å². The van der Waals surface area contributed by atoms with Crippen molar-refractivity contribution in [3.05, 3.63) is 58.7 Å². The van der Waals surface area contributed by atoms with E-state index in [1.54, 1.807) is 12.1 Å². The Labute approximate surface area is 360 Å². The summed E-state index contributed by atoms with van der Waals surface area (Å²) in [5.74, 6) is 4.01. The standard InChI is InChI=1S/C46H61N3O11Si/c1-28-24-31-14-13-29(2)34(16-15-32-26-33(27-39(51)58-32)60-61(6,7)46(3,4)5)40(31)37(25-28)59-45(55)47-19-21-57-23-22-56-20-9-11-30-10-8-12-35-41(30)44(54)49(43(35)53)36-17-18-38(50)48-42(36)52/h8,10,12-14,24,28-29,32-34,36-37,40H,15-23,25-27H2,1-7H3,(H,47,55)(H,48,50,52)/t28-,29-,32+,33+,34-,36?,37-,40-/m0/s1. The molecule has 8 atom stereocenters. The molecule has 15 heteroatoms. The smallest absolute Gasteiger partial charge is 0.407 e. The molecule has 1 aromatic rings. The van der Waals surface area contributed by atoms with Gasteiger partial charge in [-0.1, -0.05) is 70.8 Å². The predicted molar refractivity (Wildman–Crippen MR) is 227 cm³/mol. The molecule has 3 aliphatic heterocycles. The van der Waals surface area contributed by atoms with E-state index in [-0.39, 0.29) is 110 Å². The molecule has 0 aromatic heterocycles. The summed E-state index contributed by atoms with van der Waals surface area (Å²) in [6, 6.07) is 3.71. The second kappa shape index (κ2) is 19.6. The second-order valence-corrected chi connectivity index (χ2v) is 23.2. The van der Waals surface area contributed by atoms with E-state index in [0.717, 1.165) is 24.2 Å². The zero-order chi connectivity index (χ0) is 44.1. The van der Waals surface area contributed by atoms with Crippen LogP contribution < -0.4 is 10.6 Å². The highest BCUT2D eigenvalue weighted by molar-refractivity contribution is 6.74. The van der Waals surface area contributed by atoms with Gasteiger partial charge < -0.3 is 28.7 Å². The first-order valence-corrected chi connectivity index (χ1v) is 24.5. The maximum atomic E-state index is 13.3. The molecule has 0 spiro atoms. The van der Waals surface area contributed by atoms with Crippen molar-refractivity contribution in [3.63, 3.8) is 0 Å². The van der Waals surface area contributed by atoms with Crippen molar-refractivity contribution in [3.8, 4) is 11.8 Å². The van der Waals surface area contributed by atoms with Crippen molar-refractivity contribution in [2.75, 3.05) is 33.0 Å². The lowest BCUT2D eigenvalue weighted by molar-refractivity contribution is -0.160. The molecule has 1 aromatic carbocycles. The maximum absolute atomic E-state index is 13.3. The number of carbonyl (C=O) groups excluding carboxylic acids is 6. The average Bonchev–Trinajstić information content (AvgIpc) is 3.43. The number of cyclic esters (lactones) is 1. The van der Waals surface area contributed by atoms with Crippen molar-refractivity contribution in [2.24, 2.45) is 23.7 Å². The van der Waals surface area contributed by atoms with Gasteiger partial charge in [-0.2, -0.15) is 0 Å². The SMILES string of the molecule is C[C@H]1C=C2C=C[C@H](C)[C@H](CC[C@@H]3C[C@@H](O[Si](C)(C)C(C)(C)C)CC(=O)O3)[C@H]2[C@@H](OC(=O)NCCOCCOCC#Cc2cccc3c2C(=O)N(C2CCC(=O)NC2=O)C3=O)C1. The lowest BCUT2D eigenvalue weighted by Gasteiger charge is -2.44. The van der Waals surface area contributed by atoms with Crippen LogP contribution in [0.5, 0.6) is 0 Å². The van der Waals surface area contributed by atoms with Crippen LogP contribution in [0.2, 0.25) is 18.1 Å². The van der Waals surface area contributed by atoms with Crippen molar-refractivity contribution in [1.29, 1.82) is 0 Å². The van der Waals surface area contributed by atoms with Gasteiger partial charge in [-0.15, -0.1) is 0 Å². The lowest BCUT2D eigenvalue weighted by atomic mass is 9.65. The molecule has 5 amide bonds. The van der Waals surface area contributed by atoms with E-state index in [0.29, 0.717) is 18.4 Å². The van der Waals surface area contributed by atoms with Crippen LogP contribution in [0.25, 0.3) is 0 Å². The Balaban J connectivity index is 0.919. The molecule has 1 unspecified atom stereocenters. The number of esters is 1. The Kier molecular flexibility index (Phi) is 14.8. The molecular formula is C46H61N3O11Si. The molecule has 2 aliphatic carbocycles. The molecule has 2 N–H and O–H groups in total. The predicted octanol–water partition coefficient (Wildman–Crippen LogP) is 5.85. The Bertz CT molecular complexity index is 1990. The Hall–Kier alpha value is -4.62. The summed E-state index contributed by atoms with van der Waals surface area (Å²) in [7, 11) is -2.05. The maximum Gasteiger partial charge on any atom is 0.407 e. The number of hydrogen-bond donors (Lipinski definition) is 2. The summed E-state index contributed by atoms with van der Waals surface area (Å²) in [5.41, 5.74) is 1.83. The van der Waals surface area contributed by atoms with Gasteiger partial charge in [0.15, 0.2) is 8.32 Å². The van der Waals surface area contributed by atoms with Gasteiger partial charge in [-0.3, -0.25) is 34.2 Å². The van der Waals surface area contributed by atoms with E-state index in [2.05, 4.69) is 88.4 Å². The van der Waals surface area contributed by atoms with Crippen LogP contribution in [0, 0.1) is 35.5 Å². The van der Waals surface area contributed by atoms with Crippen molar-refractivity contribution < 1.29 is 52.1 Å². The molecule has 0 saturated carbocycles. The lowest BCUT2D eigenvalue weighted by Crippen LogP contribution is -2.54. The van der Waals surface area contributed by atoms with Crippen LogP contribution in [0.4, 0.5) is 4.79 Å². The van der Waals surface area contributed by atoms with Crippen molar-refractivity contribution in [2.45, 2.75) is 122 Å². The minimum atomic E-state index is -2.05. The summed E-state index contributed by atoms with van der Waals surface area (Å²) in [6.45, 7) is 16.4. The molecule has 0 radical (unpaired) electrons. The second-order valence-electron chi connectivity index (χ2n) is 18.4. The number of carbonyl (C=O) groups is 6. The summed E-state index contributed by atoms with van der Waals surface area (Å²) in [6.07, 6.45) is 8.96. The van der Waals surface area contributed by atoms with E-state index >= 15 is 0 Å². The number of alkyl carbamates (subject to hydrolysis) is 1. The van der Waals surface area contributed by atoms with Gasteiger partial charge in [0.1, 0.15) is 24.9 Å². The first-order chi connectivity index (χ1) is 28.9. The van der Waals surface area contributed by atoms with Crippen LogP contribution in [-0.4, -0.2) is 106 Å². The topological polar surface area (TPSA) is 176 Å². The van der Waals surface area contributed by atoms with Crippen LogP contribution in [0.1, 0.15) is 106 Å². The number of imide groups is 2. The fraction of sp³-hybridized carbons (Fsp3) is 0.609. The van der Waals surface area contributed by atoms with Crippen molar-refractivity contribution >= 4 is 44.0 Å². The highest BCUT2D eigenvalue weighted by atomic mass is 28.4. The van der Waals surface area contributed by atoms with Gasteiger partial charge >= 0.3 is 12.1 Å². The number of nitrogens with zero attached hydrogens (tertiary/aromatic N) is 1. The number of allylic oxidation sites excluding steroid dienone is 3. The zero-order valence-electron chi connectivity index (χ0n) is 36.5. The summed E-state index contributed by atoms with van der Waals surface area (Å²) in [5, 5.41) is 5.07. The van der Waals surface area contributed by atoms with E-state index in [1.165, 1.54) is 11.6 Å². The number of nitrogens with one attached hydrogen (secondary N) is 2. The molecule has 14 nitrogen and oxygen atoms in total. The quantitative estimate of drug-likeness (QED) is 0.0755. The van der Waals surface area contributed by atoms with Gasteiger partial charge in [0.2, 0.25) is 11.8 Å². The van der Waals surface area contributed by atoms with Crippen LogP contribution in [0.3, 0.4) is 0 Å². The Morgan fingerprint density at radius 3 is 2.54 bits per heavy atom. The molecule has 6 rings (SSSR count). The normalized spacial score (nSPS) is 27.6. The van der Waals surface area contributed by atoms with Crippen molar-refractivity contribution in [1.82, 2.24) is 15.5 Å². The number of fused-ring (bicyclic) bond motifs is 2. The summed E-state index contributed by atoms with van der Waals surface area (Å²) >= 11 is 0. The van der Waals surface area contributed by atoms with E-state index in [1.807, 2.05) is 0 Å². The first kappa shape index (κ1) is 45.9. The number of ether oxygens (including phenoxy) is 4. The van der Waals surface area contributed by atoms with Crippen LogP contribution in [0.15, 0.2) is 42.0 Å². The molecule has 61 heavy (non-hydrogen) atoms. The Morgan fingerprint density at radius 1 is 1.02 bits per heavy atom. The highest BCUT2D eigenvalue weighted by Crippen LogP contribution is 2.46. The zero-order valence-corrected chi connectivity index (χ0v) is 37.5. The minimum absolute atomic E-state index is 0.0373. The monoisotopic (exact) mass is 859 g/mol. The van der Waals surface area contributed by atoms with Gasteiger partial charge in [0.25, 0.3) is 11.8 Å². The van der Waals surface area contributed by atoms with E-state index < -0.39 is 44.1 Å². The number of hydrogen-bond acceptors (Lipinski definition) is 11. The third-order valence-corrected chi connectivity index (χ3v) is 17.4. The highest BCUT2D eigenvalue weighted by Gasteiger charge is 2.46. The molecular weight excluding hydrogens is 799 g/mol. The van der Waals surface area contributed by atoms with E-state index in [9.17, 15) is 28.8 Å². The van der Waals surface area contributed by atoms with Gasteiger partial charge in [0.05, 0.1) is 43.5 Å². The number of benzene rings is 1. The summed E-state index contributed by atoms with van der Waals surface area (Å²) in [4.78, 5) is 77.0. The fourth-order valence-electron chi connectivity index (χ4n) is 8.80. The largest absolute Gasteiger partial charge is 0.462 e. The van der Waals surface area contributed by atoms with Gasteiger partial charge in [-0.25, -0.2) is 4.79 Å². The molecule has 330 valence electrons. The fourth-order valence-corrected chi connectivity index (χ4v) is 10.2. The Morgan fingerprint density at radius 2 is 1.79 bits per heavy atom. The molecule has 0 bridgehead atoms. The molecule has 2 saturated heterocycles. The minimum Gasteiger partial charge on any atom is -0.462 e. The van der Waals surface area contributed by atoms with E-state index in [4.69, 9.17) is 23.4 Å². The van der Waals surface area contributed by atoms with Crippen LogP contribution >= 0.6 is 0 Å². The number of piperidine rings is 1. The molecule has 2 fully saturated rings. The third kappa shape index (κ3) is 11.1. The number of rotatable bonds is 14. The average molecular weight is 860 g/mol. The van der Waals surface area contributed by atoms with Crippen LogP contribution in [-0.2, 0) is 37.8 Å².